The van der Waals surface area contributed by atoms with E-state index in [1.165, 1.54) is 0 Å². The zero-order valence-corrected chi connectivity index (χ0v) is 14.3. The maximum Gasteiger partial charge on any atom is 0.242 e. The van der Waals surface area contributed by atoms with Crippen molar-refractivity contribution in [3.63, 3.8) is 0 Å². The average molecular weight is 354 g/mol. The molecule has 1 saturated heterocycles. The van der Waals surface area contributed by atoms with E-state index in [4.69, 9.17) is 33.7 Å². The summed E-state index contributed by atoms with van der Waals surface area (Å²) >= 11 is 11.9. The lowest BCUT2D eigenvalue weighted by Gasteiger charge is -2.36. The summed E-state index contributed by atoms with van der Waals surface area (Å²) < 4.78 is 5.72. The Morgan fingerprint density at radius 3 is 2.62 bits per heavy atom. The van der Waals surface area contributed by atoms with Crippen LogP contribution in [0.5, 0.6) is 0 Å². The Balaban J connectivity index is 0.00000220. The molecule has 118 valence electrons. The van der Waals surface area contributed by atoms with Gasteiger partial charge >= 0.3 is 0 Å². The van der Waals surface area contributed by atoms with Gasteiger partial charge in [-0.3, -0.25) is 4.79 Å². The molecule has 1 aliphatic heterocycles. The van der Waals surface area contributed by atoms with E-state index in [9.17, 15) is 4.79 Å². The molecular formula is C14H19Cl3N2O2. The molecule has 4 nitrogen and oxygen atoms in total. The number of carbonyl (C=O) groups excluding carboxylic acids is 1. The highest BCUT2D eigenvalue weighted by Gasteiger charge is 2.32. The van der Waals surface area contributed by atoms with Crippen LogP contribution in [0.2, 0.25) is 10.0 Å². The van der Waals surface area contributed by atoms with Crippen LogP contribution in [-0.4, -0.2) is 36.0 Å². The fourth-order valence-electron chi connectivity index (χ4n) is 2.16. The number of ether oxygens (including phenoxy) is 1. The molecule has 1 heterocycles. The van der Waals surface area contributed by atoms with Gasteiger partial charge in [0.05, 0.1) is 28.7 Å². The van der Waals surface area contributed by atoms with E-state index in [2.05, 4.69) is 0 Å². The van der Waals surface area contributed by atoms with Gasteiger partial charge < -0.3 is 15.4 Å². The van der Waals surface area contributed by atoms with E-state index in [1.54, 1.807) is 30.9 Å². The Morgan fingerprint density at radius 1 is 1.38 bits per heavy atom. The van der Waals surface area contributed by atoms with Crippen molar-refractivity contribution in [2.45, 2.75) is 25.5 Å². The zero-order valence-electron chi connectivity index (χ0n) is 11.9. The predicted octanol–water partition coefficient (Wildman–Crippen LogP) is 3.05. The van der Waals surface area contributed by atoms with Crippen LogP contribution in [0.25, 0.3) is 0 Å². The minimum atomic E-state index is -0.875. The summed E-state index contributed by atoms with van der Waals surface area (Å²) in [5.74, 6) is -0.0779. The normalized spacial score (nSPS) is 19.1. The molecule has 0 aliphatic carbocycles. The first kappa shape index (κ1) is 18.5. The lowest BCUT2D eigenvalue weighted by Crippen LogP contribution is -2.54. The number of carbonyl (C=O) groups is 1. The Hall–Kier alpha value is -0.520. The van der Waals surface area contributed by atoms with Gasteiger partial charge in [0.2, 0.25) is 5.91 Å². The van der Waals surface area contributed by atoms with Gasteiger partial charge in [-0.2, -0.15) is 0 Å². The van der Waals surface area contributed by atoms with Crippen molar-refractivity contribution in [1.82, 2.24) is 4.90 Å². The van der Waals surface area contributed by atoms with E-state index in [-0.39, 0.29) is 24.4 Å². The molecule has 21 heavy (non-hydrogen) atoms. The Bertz CT molecular complexity index is 517. The van der Waals surface area contributed by atoms with E-state index >= 15 is 0 Å². The van der Waals surface area contributed by atoms with Crippen molar-refractivity contribution in [3.8, 4) is 0 Å². The van der Waals surface area contributed by atoms with Gasteiger partial charge in [0, 0.05) is 6.54 Å². The highest BCUT2D eigenvalue weighted by atomic mass is 35.5. The fourth-order valence-corrected chi connectivity index (χ4v) is 2.46. The van der Waals surface area contributed by atoms with Gasteiger partial charge in [-0.05, 0) is 31.5 Å². The second-order valence-corrected chi connectivity index (χ2v) is 6.32. The number of halogens is 3. The third-order valence-electron chi connectivity index (χ3n) is 3.22. The SMILES string of the molecule is CC(C)(N)C(=O)N1CCOC(c2ccc(Cl)c(Cl)c2)C1.Cl. The van der Waals surface area contributed by atoms with Crippen molar-refractivity contribution >= 4 is 41.5 Å². The number of nitrogens with two attached hydrogens (primary N) is 1. The Labute approximate surface area is 140 Å². The first-order valence-corrected chi connectivity index (χ1v) is 7.19. The van der Waals surface area contributed by atoms with Crippen molar-refractivity contribution in [2.24, 2.45) is 5.73 Å². The monoisotopic (exact) mass is 352 g/mol. The molecule has 0 bridgehead atoms. The predicted molar refractivity (Wildman–Crippen MR) is 87.2 cm³/mol. The van der Waals surface area contributed by atoms with Gasteiger partial charge in [-0.25, -0.2) is 0 Å². The molecule has 1 aromatic rings. The second-order valence-electron chi connectivity index (χ2n) is 5.51. The summed E-state index contributed by atoms with van der Waals surface area (Å²) in [7, 11) is 0. The molecule has 2 rings (SSSR count). The standard InChI is InChI=1S/C14H18Cl2N2O2.ClH/c1-14(2,17)13(19)18-5-6-20-12(8-18)9-3-4-10(15)11(16)7-9;/h3-4,7,12H,5-6,8,17H2,1-2H3;1H. The minimum Gasteiger partial charge on any atom is -0.370 e. The summed E-state index contributed by atoms with van der Waals surface area (Å²) in [5.41, 5.74) is 5.90. The van der Waals surface area contributed by atoms with Crippen LogP contribution >= 0.6 is 35.6 Å². The lowest BCUT2D eigenvalue weighted by molar-refractivity contribution is -0.143. The number of morpholine rings is 1. The number of rotatable bonds is 2. The van der Waals surface area contributed by atoms with E-state index in [0.29, 0.717) is 29.7 Å². The van der Waals surface area contributed by atoms with Gasteiger partial charge in [0.1, 0.15) is 6.10 Å². The van der Waals surface area contributed by atoms with Crippen LogP contribution < -0.4 is 5.73 Å². The van der Waals surface area contributed by atoms with Crippen LogP contribution in [0.1, 0.15) is 25.5 Å². The van der Waals surface area contributed by atoms with Crippen molar-refractivity contribution in [3.05, 3.63) is 33.8 Å². The molecule has 1 aromatic carbocycles. The number of nitrogens with zero attached hydrogens (tertiary/aromatic N) is 1. The van der Waals surface area contributed by atoms with Gasteiger partial charge in [0.25, 0.3) is 0 Å². The lowest BCUT2D eigenvalue weighted by atomic mass is 10.0. The maximum absolute atomic E-state index is 12.2. The average Bonchev–Trinajstić information content (AvgIpc) is 2.40. The van der Waals surface area contributed by atoms with Crippen LogP contribution in [0, 0.1) is 0 Å². The summed E-state index contributed by atoms with van der Waals surface area (Å²) in [6, 6.07) is 5.37. The summed E-state index contributed by atoms with van der Waals surface area (Å²) in [6.07, 6.45) is -0.204. The molecule has 1 aliphatic rings. The molecule has 1 amide bonds. The second kappa shape index (κ2) is 7.16. The zero-order chi connectivity index (χ0) is 14.9. The first-order valence-electron chi connectivity index (χ1n) is 6.44. The van der Waals surface area contributed by atoms with E-state index in [1.807, 2.05) is 6.07 Å². The molecule has 2 N–H and O–H groups in total. The van der Waals surface area contributed by atoms with Crippen LogP contribution in [-0.2, 0) is 9.53 Å². The van der Waals surface area contributed by atoms with Crippen molar-refractivity contribution in [1.29, 1.82) is 0 Å². The molecule has 1 atom stereocenters. The summed E-state index contributed by atoms with van der Waals surface area (Å²) in [4.78, 5) is 13.9. The van der Waals surface area contributed by atoms with Crippen LogP contribution in [0.3, 0.4) is 0 Å². The smallest absolute Gasteiger partial charge is 0.242 e. The molecule has 1 unspecified atom stereocenters. The molecular weight excluding hydrogens is 335 g/mol. The number of benzene rings is 1. The largest absolute Gasteiger partial charge is 0.370 e. The molecule has 0 saturated carbocycles. The Kier molecular flexibility index (Phi) is 6.32. The third-order valence-corrected chi connectivity index (χ3v) is 3.96. The topological polar surface area (TPSA) is 55.6 Å². The maximum atomic E-state index is 12.2. The number of amides is 1. The number of hydrogen-bond donors (Lipinski definition) is 1. The third kappa shape index (κ3) is 4.47. The number of hydrogen-bond acceptors (Lipinski definition) is 3. The fraction of sp³-hybridized carbons (Fsp3) is 0.500. The molecule has 1 fully saturated rings. The highest BCUT2D eigenvalue weighted by Crippen LogP contribution is 2.29. The van der Waals surface area contributed by atoms with Crippen molar-refractivity contribution < 1.29 is 9.53 Å². The van der Waals surface area contributed by atoms with Crippen LogP contribution in [0.15, 0.2) is 18.2 Å². The van der Waals surface area contributed by atoms with E-state index < -0.39 is 5.54 Å². The molecule has 0 spiro atoms. The van der Waals surface area contributed by atoms with E-state index in [0.717, 1.165) is 5.56 Å². The first-order chi connectivity index (χ1) is 9.29. The molecule has 7 heteroatoms. The van der Waals surface area contributed by atoms with Gasteiger partial charge in [0.15, 0.2) is 0 Å². The molecule has 0 aromatic heterocycles. The minimum absolute atomic E-state index is 0. The van der Waals surface area contributed by atoms with Gasteiger partial charge in [-0.15, -0.1) is 12.4 Å². The molecule has 0 radical (unpaired) electrons. The van der Waals surface area contributed by atoms with Crippen molar-refractivity contribution in [2.75, 3.05) is 19.7 Å². The summed E-state index contributed by atoms with van der Waals surface area (Å²) in [5, 5.41) is 0.984. The van der Waals surface area contributed by atoms with Gasteiger partial charge in [-0.1, -0.05) is 29.3 Å². The van der Waals surface area contributed by atoms with Crippen LogP contribution in [0.4, 0.5) is 0 Å². The summed E-state index contributed by atoms with van der Waals surface area (Å²) in [6.45, 7) is 4.92. The highest BCUT2D eigenvalue weighted by molar-refractivity contribution is 6.42. The Morgan fingerprint density at radius 2 is 2.05 bits per heavy atom. The quantitative estimate of drug-likeness (QED) is 0.889.